The predicted octanol–water partition coefficient (Wildman–Crippen LogP) is 5.77. The summed E-state index contributed by atoms with van der Waals surface area (Å²) in [6, 6.07) is 15.0. The standard InChI is InChI=1S/C25H25NO5S/c1-3-4-12-31-19-13-16(10-11-18(19)30-2)17-14-20(27)26-22-21(15-8-6-5-7-9-15)24(25(28)29)32-23(17)22/h5-11,13,17H,3-4,12,14H2,1-2H3,(H,26,27)(H,28,29). The van der Waals surface area contributed by atoms with Gasteiger partial charge in [0.15, 0.2) is 11.5 Å². The molecule has 6 nitrogen and oxygen atoms in total. The van der Waals surface area contributed by atoms with Crippen molar-refractivity contribution in [1.82, 2.24) is 0 Å². The molecule has 2 aromatic carbocycles. The van der Waals surface area contributed by atoms with E-state index in [2.05, 4.69) is 12.2 Å². The number of hydrogen-bond donors (Lipinski definition) is 2. The Balaban J connectivity index is 1.82. The van der Waals surface area contributed by atoms with E-state index in [-0.39, 0.29) is 23.1 Å². The number of benzene rings is 2. The summed E-state index contributed by atoms with van der Waals surface area (Å²) in [5.74, 6) is -0.149. The van der Waals surface area contributed by atoms with Crippen LogP contribution in [0.1, 0.15) is 52.2 Å². The fraction of sp³-hybridized carbons (Fsp3) is 0.280. The van der Waals surface area contributed by atoms with Crippen molar-refractivity contribution in [3.63, 3.8) is 0 Å². The zero-order valence-corrected chi connectivity index (χ0v) is 18.8. The molecule has 1 aliphatic rings. The van der Waals surface area contributed by atoms with Crippen LogP contribution in [0.3, 0.4) is 0 Å². The number of carboxylic acids is 1. The van der Waals surface area contributed by atoms with Crippen LogP contribution < -0.4 is 14.8 Å². The normalized spacial score (nSPS) is 15.1. The highest BCUT2D eigenvalue weighted by Crippen LogP contribution is 2.50. The van der Waals surface area contributed by atoms with Crippen LogP contribution in [-0.4, -0.2) is 30.7 Å². The molecule has 0 saturated heterocycles. The van der Waals surface area contributed by atoms with Gasteiger partial charge in [0.2, 0.25) is 5.91 Å². The minimum Gasteiger partial charge on any atom is -0.493 e. The number of rotatable bonds is 8. The average Bonchev–Trinajstić information content (AvgIpc) is 3.19. The summed E-state index contributed by atoms with van der Waals surface area (Å²) in [7, 11) is 1.60. The maximum Gasteiger partial charge on any atom is 0.346 e. The number of methoxy groups -OCH3 is 1. The van der Waals surface area contributed by atoms with E-state index in [4.69, 9.17) is 9.47 Å². The van der Waals surface area contributed by atoms with Crippen molar-refractivity contribution in [2.45, 2.75) is 32.1 Å². The fourth-order valence-electron chi connectivity index (χ4n) is 3.94. The van der Waals surface area contributed by atoms with E-state index >= 15 is 0 Å². The molecule has 32 heavy (non-hydrogen) atoms. The molecule has 2 heterocycles. The first-order valence-electron chi connectivity index (χ1n) is 10.6. The maximum atomic E-state index is 12.7. The lowest BCUT2D eigenvalue weighted by Crippen LogP contribution is -2.22. The number of amides is 1. The minimum absolute atomic E-state index is 0.140. The van der Waals surface area contributed by atoms with E-state index in [9.17, 15) is 14.7 Å². The Morgan fingerprint density at radius 1 is 1.19 bits per heavy atom. The molecular weight excluding hydrogens is 426 g/mol. The summed E-state index contributed by atoms with van der Waals surface area (Å²) < 4.78 is 11.4. The molecule has 0 saturated carbocycles. The zero-order valence-electron chi connectivity index (χ0n) is 18.0. The van der Waals surface area contributed by atoms with Crippen molar-refractivity contribution in [2.75, 3.05) is 19.0 Å². The third-order valence-electron chi connectivity index (χ3n) is 5.51. The van der Waals surface area contributed by atoms with Gasteiger partial charge in [0.1, 0.15) is 4.88 Å². The first-order valence-corrected chi connectivity index (χ1v) is 11.4. The van der Waals surface area contributed by atoms with Crippen LogP contribution in [0, 0.1) is 0 Å². The summed E-state index contributed by atoms with van der Waals surface area (Å²) in [4.78, 5) is 25.8. The number of thiophene rings is 1. The number of unbranched alkanes of at least 4 members (excludes halogenated alkanes) is 1. The Morgan fingerprint density at radius 2 is 1.97 bits per heavy atom. The summed E-state index contributed by atoms with van der Waals surface area (Å²) in [5, 5.41) is 12.8. The number of carbonyl (C=O) groups excluding carboxylic acids is 1. The Morgan fingerprint density at radius 3 is 2.66 bits per heavy atom. The average molecular weight is 452 g/mol. The zero-order chi connectivity index (χ0) is 22.7. The second-order valence-electron chi connectivity index (χ2n) is 7.63. The lowest BCUT2D eigenvalue weighted by molar-refractivity contribution is -0.116. The van der Waals surface area contributed by atoms with Gasteiger partial charge in [-0.25, -0.2) is 4.79 Å². The van der Waals surface area contributed by atoms with E-state index in [1.807, 2.05) is 48.5 Å². The predicted molar refractivity (Wildman–Crippen MR) is 125 cm³/mol. The monoisotopic (exact) mass is 451 g/mol. The van der Waals surface area contributed by atoms with E-state index in [1.54, 1.807) is 7.11 Å². The van der Waals surface area contributed by atoms with Crippen molar-refractivity contribution >= 4 is 28.9 Å². The molecule has 0 spiro atoms. The molecule has 2 N–H and O–H groups in total. The molecule has 0 radical (unpaired) electrons. The van der Waals surface area contributed by atoms with Gasteiger partial charge in [0.05, 0.1) is 19.4 Å². The van der Waals surface area contributed by atoms with Gasteiger partial charge in [-0.15, -0.1) is 11.3 Å². The highest BCUT2D eigenvalue weighted by atomic mass is 32.1. The maximum absolute atomic E-state index is 12.7. The summed E-state index contributed by atoms with van der Waals surface area (Å²) >= 11 is 1.22. The van der Waals surface area contributed by atoms with Crippen molar-refractivity contribution in [1.29, 1.82) is 0 Å². The number of fused-ring (bicyclic) bond motifs is 1. The van der Waals surface area contributed by atoms with Gasteiger partial charge in [-0.2, -0.15) is 0 Å². The lowest BCUT2D eigenvalue weighted by Gasteiger charge is -2.24. The fourth-order valence-corrected chi connectivity index (χ4v) is 5.18. The molecule has 166 valence electrons. The van der Waals surface area contributed by atoms with Gasteiger partial charge in [-0.05, 0) is 29.7 Å². The molecule has 1 aliphatic heterocycles. The highest BCUT2D eigenvalue weighted by molar-refractivity contribution is 7.15. The number of ether oxygens (including phenoxy) is 2. The van der Waals surface area contributed by atoms with Gasteiger partial charge >= 0.3 is 5.97 Å². The third kappa shape index (κ3) is 4.21. The Hall–Kier alpha value is -3.32. The number of aromatic carboxylic acids is 1. The number of carboxylic acid groups (broad SMARTS) is 1. The van der Waals surface area contributed by atoms with Crippen molar-refractivity contribution in [3.05, 3.63) is 63.8 Å². The molecule has 1 atom stereocenters. The SMILES string of the molecule is CCCCOc1cc(C2CC(=O)Nc3c2sc(C(=O)O)c3-c2ccccc2)ccc1OC. The first kappa shape index (κ1) is 21.9. The summed E-state index contributed by atoms with van der Waals surface area (Å²) in [5.41, 5.74) is 2.81. The summed E-state index contributed by atoms with van der Waals surface area (Å²) in [6.07, 6.45) is 2.18. The van der Waals surface area contributed by atoms with E-state index in [0.717, 1.165) is 28.8 Å². The second-order valence-corrected chi connectivity index (χ2v) is 8.69. The van der Waals surface area contributed by atoms with Gasteiger partial charge < -0.3 is 19.9 Å². The Kier molecular flexibility index (Phi) is 6.46. The van der Waals surface area contributed by atoms with Gasteiger partial charge in [-0.1, -0.05) is 49.7 Å². The topological polar surface area (TPSA) is 84.9 Å². The van der Waals surface area contributed by atoms with Gasteiger partial charge in [0, 0.05) is 22.8 Å². The van der Waals surface area contributed by atoms with Crippen LogP contribution in [-0.2, 0) is 4.79 Å². The number of hydrogen-bond acceptors (Lipinski definition) is 5. The molecule has 1 amide bonds. The first-order chi connectivity index (χ1) is 15.5. The Bertz CT molecular complexity index is 1140. The molecule has 1 unspecified atom stereocenters. The smallest absolute Gasteiger partial charge is 0.346 e. The van der Waals surface area contributed by atoms with Gasteiger partial charge in [0.25, 0.3) is 0 Å². The molecule has 0 aliphatic carbocycles. The van der Waals surface area contributed by atoms with E-state index in [0.29, 0.717) is 29.4 Å². The molecular formula is C25H25NO5S. The minimum atomic E-state index is -1.01. The van der Waals surface area contributed by atoms with Crippen molar-refractivity contribution in [3.8, 4) is 22.6 Å². The van der Waals surface area contributed by atoms with Crippen LogP contribution in [0.5, 0.6) is 11.5 Å². The van der Waals surface area contributed by atoms with Crippen molar-refractivity contribution < 1.29 is 24.2 Å². The Labute approximate surface area is 190 Å². The van der Waals surface area contributed by atoms with Gasteiger partial charge in [-0.3, -0.25) is 4.79 Å². The third-order valence-corrected chi connectivity index (χ3v) is 6.80. The van der Waals surface area contributed by atoms with E-state index < -0.39 is 5.97 Å². The molecule has 0 bridgehead atoms. The molecule has 4 rings (SSSR count). The number of nitrogens with one attached hydrogen (secondary N) is 1. The molecule has 1 aromatic heterocycles. The van der Waals surface area contributed by atoms with Crippen LogP contribution in [0.2, 0.25) is 0 Å². The highest BCUT2D eigenvalue weighted by Gasteiger charge is 2.34. The quantitative estimate of drug-likeness (QED) is 0.425. The van der Waals surface area contributed by atoms with Crippen LogP contribution >= 0.6 is 11.3 Å². The summed E-state index contributed by atoms with van der Waals surface area (Å²) in [6.45, 7) is 2.67. The van der Waals surface area contributed by atoms with Crippen LogP contribution in [0.15, 0.2) is 48.5 Å². The molecule has 0 fully saturated rings. The van der Waals surface area contributed by atoms with Crippen molar-refractivity contribution in [2.24, 2.45) is 0 Å². The van der Waals surface area contributed by atoms with Crippen LogP contribution in [0.4, 0.5) is 5.69 Å². The molecule has 7 heteroatoms. The second kappa shape index (κ2) is 9.44. The van der Waals surface area contributed by atoms with E-state index in [1.165, 1.54) is 11.3 Å². The molecule has 3 aromatic rings. The largest absolute Gasteiger partial charge is 0.493 e. The van der Waals surface area contributed by atoms with Crippen LogP contribution in [0.25, 0.3) is 11.1 Å². The lowest BCUT2D eigenvalue weighted by atomic mass is 9.88. The number of anilines is 1. The number of carbonyl (C=O) groups is 2.